The highest BCUT2D eigenvalue weighted by molar-refractivity contribution is 5.18. The molecule has 14 heavy (non-hydrogen) atoms. The lowest BCUT2D eigenvalue weighted by Crippen LogP contribution is -2.06. The first kappa shape index (κ1) is 11.1. The average Bonchev–Trinajstić information content (AvgIpc) is 2.16. The molecule has 1 aromatic rings. The Morgan fingerprint density at radius 1 is 1.36 bits per heavy atom. The summed E-state index contributed by atoms with van der Waals surface area (Å²) in [7, 11) is 0. The van der Waals surface area contributed by atoms with Crippen LogP contribution in [0, 0.1) is 11.6 Å². The van der Waals surface area contributed by atoms with Gasteiger partial charge in [0.2, 0.25) is 0 Å². The van der Waals surface area contributed by atoms with Crippen molar-refractivity contribution in [2.24, 2.45) is 0 Å². The predicted octanol–water partition coefficient (Wildman–Crippen LogP) is 2.67. The standard InChI is InChI=1S/C11H14F2O/c1-2-10(14)6-4-8-3-5-9(12)7-11(8)13/h3,5,7,10,14H,2,4,6H2,1H3. The van der Waals surface area contributed by atoms with Crippen molar-refractivity contribution in [3.63, 3.8) is 0 Å². The van der Waals surface area contributed by atoms with Gasteiger partial charge in [0.15, 0.2) is 0 Å². The number of rotatable bonds is 4. The summed E-state index contributed by atoms with van der Waals surface area (Å²) >= 11 is 0. The largest absolute Gasteiger partial charge is 0.393 e. The van der Waals surface area contributed by atoms with E-state index in [0.717, 1.165) is 6.07 Å². The highest BCUT2D eigenvalue weighted by Crippen LogP contribution is 2.13. The van der Waals surface area contributed by atoms with Gasteiger partial charge in [-0.15, -0.1) is 0 Å². The molecule has 0 saturated heterocycles. The van der Waals surface area contributed by atoms with Gasteiger partial charge in [-0.1, -0.05) is 13.0 Å². The summed E-state index contributed by atoms with van der Waals surface area (Å²) in [6, 6.07) is 3.53. The first-order valence-electron chi connectivity index (χ1n) is 4.75. The summed E-state index contributed by atoms with van der Waals surface area (Å²) in [5, 5.41) is 9.27. The van der Waals surface area contributed by atoms with Crippen LogP contribution < -0.4 is 0 Å². The van der Waals surface area contributed by atoms with Gasteiger partial charge in [0, 0.05) is 6.07 Å². The van der Waals surface area contributed by atoms with Crippen molar-refractivity contribution < 1.29 is 13.9 Å². The number of aliphatic hydroxyl groups is 1. The quantitative estimate of drug-likeness (QED) is 0.792. The first-order chi connectivity index (χ1) is 6.63. The zero-order valence-electron chi connectivity index (χ0n) is 8.13. The van der Waals surface area contributed by atoms with Crippen molar-refractivity contribution in [3.05, 3.63) is 35.4 Å². The van der Waals surface area contributed by atoms with Crippen LogP contribution in [0.4, 0.5) is 8.78 Å². The monoisotopic (exact) mass is 200 g/mol. The zero-order chi connectivity index (χ0) is 10.6. The molecule has 0 heterocycles. The van der Waals surface area contributed by atoms with Crippen LogP contribution in [0.25, 0.3) is 0 Å². The molecule has 1 unspecified atom stereocenters. The Labute approximate surface area is 82.4 Å². The van der Waals surface area contributed by atoms with Gasteiger partial charge in [0.1, 0.15) is 11.6 Å². The molecule has 0 aliphatic carbocycles. The highest BCUT2D eigenvalue weighted by atomic mass is 19.1. The second-order valence-electron chi connectivity index (χ2n) is 3.34. The number of aryl methyl sites for hydroxylation is 1. The van der Waals surface area contributed by atoms with E-state index in [2.05, 4.69) is 0 Å². The SMILES string of the molecule is CCC(O)CCc1ccc(F)cc1F. The Morgan fingerprint density at radius 3 is 2.64 bits per heavy atom. The molecular formula is C11H14F2O. The first-order valence-corrected chi connectivity index (χ1v) is 4.75. The summed E-state index contributed by atoms with van der Waals surface area (Å²) in [6.45, 7) is 1.87. The molecule has 1 rings (SSSR count). The number of halogens is 2. The minimum absolute atomic E-state index is 0.403. The molecule has 0 aliphatic rings. The van der Waals surface area contributed by atoms with Crippen molar-refractivity contribution in [1.82, 2.24) is 0 Å². The third-order valence-corrected chi connectivity index (χ3v) is 2.23. The van der Waals surface area contributed by atoms with Gasteiger partial charge in [-0.2, -0.15) is 0 Å². The topological polar surface area (TPSA) is 20.2 Å². The maximum Gasteiger partial charge on any atom is 0.129 e. The lowest BCUT2D eigenvalue weighted by molar-refractivity contribution is 0.160. The molecule has 0 aromatic heterocycles. The van der Waals surface area contributed by atoms with Crippen LogP contribution in [-0.4, -0.2) is 11.2 Å². The highest BCUT2D eigenvalue weighted by Gasteiger charge is 2.06. The van der Waals surface area contributed by atoms with E-state index in [4.69, 9.17) is 0 Å². The Hall–Kier alpha value is -0.960. The van der Waals surface area contributed by atoms with Crippen LogP contribution in [0.1, 0.15) is 25.3 Å². The van der Waals surface area contributed by atoms with Gasteiger partial charge in [-0.25, -0.2) is 8.78 Å². The summed E-state index contributed by atoms with van der Waals surface area (Å²) in [4.78, 5) is 0. The van der Waals surface area contributed by atoms with Crippen molar-refractivity contribution in [3.8, 4) is 0 Å². The number of aliphatic hydroxyl groups excluding tert-OH is 1. The van der Waals surface area contributed by atoms with Crippen LogP contribution >= 0.6 is 0 Å². The molecule has 0 saturated carbocycles. The fourth-order valence-corrected chi connectivity index (χ4v) is 1.25. The Balaban J connectivity index is 2.59. The van der Waals surface area contributed by atoms with E-state index < -0.39 is 17.7 Å². The summed E-state index contributed by atoms with van der Waals surface area (Å²) in [5.74, 6) is -1.10. The lowest BCUT2D eigenvalue weighted by atomic mass is 10.1. The molecule has 0 fully saturated rings. The molecule has 0 bridgehead atoms. The molecule has 1 atom stereocenters. The van der Waals surface area contributed by atoms with E-state index in [9.17, 15) is 13.9 Å². The molecule has 0 amide bonds. The van der Waals surface area contributed by atoms with Crippen LogP contribution in [0.3, 0.4) is 0 Å². The Bertz CT molecular complexity index is 299. The fourth-order valence-electron chi connectivity index (χ4n) is 1.25. The van der Waals surface area contributed by atoms with E-state index >= 15 is 0 Å². The number of hydrogen-bond acceptors (Lipinski definition) is 1. The van der Waals surface area contributed by atoms with E-state index in [1.807, 2.05) is 6.92 Å². The lowest BCUT2D eigenvalue weighted by Gasteiger charge is -2.07. The van der Waals surface area contributed by atoms with Crippen LogP contribution in [0.15, 0.2) is 18.2 Å². The third kappa shape index (κ3) is 3.07. The molecule has 1 nitrogen and oxygen atoms in total. The van der Waals surface area contributed by atoms with Crippen molar-refractivity contribution in [2.45, 2.75) is 32.3 Å². The minimum Gasteiger partial charge on any atom is -0.393 e. The van der Waals surface area contributed by atoms with Crippen molar-refractivity contribution in [2.75, 3.05) is 0 Å². The maximum atomic E-state index is 13.1. The fraction of sp³-hybridized carbons (Fsp3) is 0.455. The zero-order valence-corrected chi connectivity index (χ0v) is 8.13. The summed E-state index contributed by atoms with van der Waals surface area (Å²) in [6.07, 6.45) is 1.21. The summed E-state index contributed by atoms with van der Waals surface area (Å²) < 4.78 is 25.6. The molecule has 1 aromatic carbocycles. The maximum absolute atomic E-state index is 13.1. The van der Waals surface area contributed by atoms with Gasteiger partial charge in [0.25, 0.3) is 0 Å². The van der Waals surface area contributed by atoms with Gasteiger partial charge in [-0.05, 0) is 30.9 Å². The minimum atomic E-state index is -0.567. The Morgan fingerprint density at radius 2 is 2.07 bits per heavy atom. The van der Waals surface area contributed by atoms with Crippen LogP contribution in [-0.2, 0) is 6.42 Å². The third-order valence-electron chi connectivity index (χ3n) is 2.23. The van der Waals surface area contributed by atoms with Crippen LogP contribution in [0.2, 0.25) is 0 Å². The molecule has 3 heteroatoms. The number of benzene rings is 1. The van der Waals surface area contributed by atoms with Gasteiger partial charge in [-0.3, -0.25) is 0 Å². The van der Waals surface area contributed by atoms with E-state index in [-0.39, 0.29) is 0 Å². The second-order valence-corrected chi connectivity index (χ2v) is 3.34. The second kappa shape index (κ2) is 5.05. The van der Waals surface area contributed by atoms with Crippen LogP contribution in [0.5, 0.6) is 0 Å². The van der Waals surface area contributed by atoms with Gasteiger partial charge >= 0.3 is 0 Å². The average molecular weight is 200 g/mol. The molecule has 1 N–H and O–H groups in total. The van der Waals surface area contributed by atoms with Crippen molar-refractivity contribution in [1.29, 1.82) is 0 Å². The molecule has 0 aliphatic heterocycles. The van der Waals surface area contributed by atoms with E-state index in [0.29, 0.717) is 24.8 Å². The molecule has 78 valence electrons. The Kier molecular flexibility index (Phi) is 4.01. The van der Waals surface area contributed by atoms with Gasteiger partial charge < -0.3 is 5.11 Å². The molecule has 0 spiro atoms. The summed E-state index contributed by atoms with van der Waals surface area (Å²) in [5.41, 5.74) is 0.457. The van der Waals surface area contributed by atoms with Crippen molar-refractivity contribution >= 4 is 0 Å². The normalized spacial score (nSPS) is 12.9. The number of hydrogen-bond donors (Lipinski definition) is 1. The van der Waals surface area contributed by atoms with Gasteiger partial charge in [0.05, 0.1) is 6.10 Å². The predicted molar refractivity (Wildman–Crippen MR) is 51.0 cm³/mol. The molecular weight excluding hydrogens is 186 g/mol. The molecule has 0 radical (unpaired) electrons. The van der Waals surface area contributed by atoms with E-state index in [1.54, 1.807) is 0 Å². The smallest absolute Gasteiger partial charge is 0.129 e. The van der Waals surface area contributed by atoms with E-state index in [1.165, 1.54) is 12.1 Å².